The molecule has 1 aliphatic rings. The fourth-order valence-corrected chi connectivity index (χ4v) is 5.54. The van der Waals surface area contributed by atoms with Gasteiger partial charge < -0.3 is 4.74 Å². The number of benzene rings is 3. The van der Waals surface area contributed by atoms with E-state index in [0.717, 1.165) is 35.7 Å². The van der Waals surface area contributed by atoms with E-state index in [1.807, 2.05) is 36.4 Å². The van der Waals surface area contributed by atoms with Gasteiger partial charge in [-0.1, -0.05) is 59.5 Å². The van der Waals surface area contributed by atoms with Crippen LogP contribution in [0.4, 0.5) is 5.69 Å². The van der Waals surface area contributed by atoms with Crippen molar-refractivity contribution in [2.24, 2.45) is 5.10 Å². The molecule has 3 aromatic carbocycles. The smallest absolute Gasteiger partial charge is 0.312 e. The van der Waals surface area contributed by atoms with E-state index in [2.05, 4.69) is 37.0 Å². The van der Waals surface area contributed by atoms with Crippen LogP contribution in [0.25, 0.3) is 10.9 Å². The van der Waals surface area contributed by atoms with Gasteiger partial charge >= 0.3 is 5.69 Å². The van der Waals surface area contributed by atoms with Gasteiger partial charge in [0.2, 0.25) is 5.75 Å². The first-order valence-electron chi connectivity index (χ1n) is 12.3. The Morgan fingerprint density at radius 1 is 1.08 bits per heavy atom. The van der Waals surface area contributed by atoms with Gasteiger partial charge in [-0.15, -0.1) is 0 Å². The highest BCUT2D eigenvalue weighted by atomic mass is 79.9. The number of ether oxygens (including phenoxy) is 1. The maximum absolute atomic E-state index is 13.4. The molecule has 8 nitrogen and oxygen atoms in total. The van der Waals surface area contributed by atoms with Crippen LogP contribution in [0.3, 0.4) is 0 Å². The van der Waals surface area contributed by atoms with Crippen LogP contribution in [-0.2, 0) is 6.61 Å². The van der Waals surface area contributed by atoms with Crippen molar-refractivity contribution in [3.8, 4) is 5.75 Å². The first-order valence-corrected chi connectivity index (χ1v) is 13.9. The van der Waals surface area contributed by atoms with Crippen LogP contribution in [0.15, 0.2) is 79.5 Å². The van der Waals surface area contributed by atoms with E-state index in [4.69, 9.17) is 9.72 Å². The fraction of sp³-hybridized carbons (Fsp3) is 0.250. The second kappa shape index (κ2) is 11.6. The Morgan fingerprint density at radius 2 is 1.82 bits per heavy atom. The fourth-order valence-electron chi connectivity index (χ4n) is 4.69. The molecule has 0 radical (unpaired) electrons. The van der Waals surface area contributed by atoms with Crippen molar-refractivity contribution < 1.29 is 9.66 Å². The number of nitrogens with zero attached hydrogens (tertiary/aromatic N) is 4. The van der Waals surface area contributed by atoms with Crippen molar-refractivity contribution in [1.82, 2.24) is 9.66 Å². The monoisotopic (exact) mass is 638 g/mol. The number of para-hydroxylation sites is 1. The van der Waals surface area contributed by atoms with Crippen LogP contribution in [-0.4, -0.2) is 20.8 Å². The molecule has 1 saturated carbocycles. The second-order valence-corrected chi connectivity index (χ2v) is 11.0. The van der Waals surface area contributed by atoms with E-state index in [9.17, 15) is 14.9 Å². The number of hydrogen-bond donors (Lipinski definition) is 0. The molecule has 10 heteroatoms. The van der Waals surface area contributed by atoms with Crippen LogP contribution < -0.4 is 10.3 Å². The summed E-state index contributed by atoms with van der Waals surface area (Å²) in [4.78, 5) is 29.7. The number of nitro benzene ring substituents is 1. The van der Waals surface area contributed by atoms with Crippen molar-refractivity contribution in [1.29, 1.82) is 0 Å². The van der Waals surface area contributed by atoms with Crippen molar-refractivity contribution >= 4 is 54.7 Å². The van der Waals surface area contributed by atoms with Crippen LogP contribution in [0, 0.1) is 10.1 Å². The van der Waals surface area contributed by atoms with Crippen molar-refractivity contribution in [2.45, 2.75) is 44.6 Å². The minimum absolute atomic E-state index is 0.127. The van der Waals surface area contributed by atoms with Gasteiger partial charge in [-0.3, -0.25) is 14.9 Å². The summed E-state index contributed by atoms with van der Waals surface area (Å²) < 4.78 is 8.54. The molecule has 0 amide bonds. The lowest BCUT2D eigenvalue weighted by atomic mass is 9.88. The summed E-state index contributed by atoms with van der Waals surface area (Å²) in [5, 5.41) is 16.9. The van der Waals surface area contributed by atoms with Gasteiger partial charge in [-0.25, -0.2) is 4.98 Å². The van der Waals surface area contributed by atoms with Gasteiger partial charge in [0.15, 0.2) is 0 Å². The molecule has 0 saturated heterocycles. The number of rotatable bonds is 7. The predicted molar refractivity (Wildman–Crippen MR) is 154 cm³/mol. The molecule has 1 aromatic heterocycles. The Hall–Kier alpha value is -3.37. The molecule has 38 heavy (non-hydrogen) atoms. The lowest BCUT2D eigenvalue weighted by Gasteiger charge is -2.22. The molecule has 1 heterocycles. The van der Waals surface area contributed by atoms with Gasteiger partial charge in [0.25, 0.3) is 5.56 Å². The second-order valence-electron chi connectivity index (χ2n) is 9.21. The highest BCUT2D eigenvalue weighted by Gasteiger charge is 2.23. The number of hydrogen-bond acceptors (Lipinski definition) is 6. The van der Waals surface area contributed by atoms with E-state index in [1.165, 1.54) is 23.4 Å². The molecule has 4 aromatic rings. The molecule has 0 N–H and O–H groups in total. The molecular formula is C28H24Br2N4O4. The summed E-state index contributed by atoms with van der Waals surface area (Å²) in [5.41, 5.74) is 1.52. The average Bonchev–Trinajstić information content (AvgIpc) is 2.93. The summed E-state index contributed by atoms with van der Waals surface area (Å²) in [7, 11) is 0. The number of fused-ring (bicyclic) bond motifs is 1. The highest BCUT2D eigenvalue weighted by Crippen LogP contribution is 2.37. The molecule has 1 fully saturated rings. The van der Waals surface area contributed by atoms with E-state index >= 15 is 0 Å². The Kier molecular flexibility index (Phi) is 7.99. The molecule has 1 aliphatic carbocycles. The summed E-state index contributed by atoms with van der Waals surface area (Å²) >= 11 is 6.81. The molecule has 0 unspecified atom stereocenters. The third kappa shape index (κ3) is 5.71. The van der Waals surface area contributed by atoms with Crippen LogP contribution in [0.5, 0.6) is 5.75 Å². The summed E-state index contributed by atoms with van der Waals surface area (Å²) in [5.74, 6) is 0.892. The van der Waals surface area contributed by atoms with Gasteiger partial charge in [-0.2, -0.15) is 9.78 Å². The van der Waals surface area contributed by atoms with Crippen molar-refractivity contribution in [2.75, 3.05) is 0 Å². The van der Waals surface area contributed by atoms with E-state index in [0.29, 0.717) is 26.8 Å². The minimum atomic E-state index is -0.490. The molecule has 0 aliphatic heterocycles. The molecular weight excluding hydrogens is 616 g/mol. The maximum Gasteiger partial charge on any atom is 0.312 e. The normalized spacial score (nSPS) is 14.3. The quantitative estimate of drug-likeness (QED) is 0.120. The number of nitro groups is 1. The third-order valence-electron chi connectivity index (χ3n) is 6.61. The SMILES string of the molecule is O=c1c2ccccc2nc(C2CCCCC2)n1N=Cc1cc(Br)c(OCc2ccc(Br)cc2)c([N+](=O)[O-])c1. The predicted octanol–water partition coefficient (Wildman–Crippen LogP) is 7.34. The van der Waals surface area contributed by atoms with Crippen molar-refractivity contribution in [3.05, 3.63) is 107 Å². The van der Waals surface area contributed by atoms with Crippen LogP contribution >= 0.6 is 31.9 Å². The van der Waals surface area contributed by atoms with Crippen LogP contribution in [0.2, 0.25) is 0 Å². The lowest BCUT2D eigenvalue weighted by Crippen LogP contribution is -2.25. The molecule has 194 valence electrons. The average molecular weight is 640 g/mol. The van der Waals surface area contributed by atoms with Crippen LogP contribution in [0.1, 0.15) is 55.0 Å². The summed E-state index contributed by atoms with van der Waals surface area (Å²) in [6.07, 6.45) is 6.69. The van der Waals surface area contributed by atoms with Gasteiger partial charge in [0.1, 0.15) is 12.4 Å². The zero-order valence-electron chi connectivity index (χ0n) is 20.3. The molecule has 0 spiro atoms. The highest BCUT2D eigenvalue weighted by molar-refractivity contribution is 9.10. The Balaban J connectivity index is 1.50. The Bertz CT molecular complexity index is 1580. The summed E-state index contributed by atoms with van der Waals surface area (Å²) in [6.45, 7) is 0.170. The topological polar surface area (TPSA) is 99.6 Å². The van der Waals surface area contributed by atoms with Gasteiger partial charge in [0.05, 0.1) is 26.5 Å². The van der Waals surface area contributed by atoms with Crippen molar-refractivity contribution in [3.63, 3.8) is 0 Å². The standard InChI is InChI=1S/C28H24Br2N4O4/c29-21-12-10-18(11-13-21)17-38-26-23(30)14-19(15-25(26)34(36)37)16-31-33-27(20-6-2-1-3-7-20)32-24-9-5-4-8-22(24)28(33)35/h4-5,8-16,20H,1-3,6-7,17H2. The molecule has 5 rings (SSSR count). The lowest BCUT2D eigenvalue weighted by molar-refractivity contribution is -0.386. The zero-order chi connectivity index (χ0) is 26.6. The number of aromatic nitrogens is 2. The Morgan fingerprint density at radius 3 is 2.55 bits per heavy atom. The largest absolute Gasteiger partial charge is 0.481 e. The zero-order valence-corrected chi connectivity index (χ0v) is 23.5. The Labute approximate surface area is 235 Å². The van der Waals surface area contributed by atoms with Gasteiger partial charge in [-0.05, 0) is 64.7 Å². The van der Waals surface area contributed by atoms with E-state index in [-0.39, 0.29) is 29.5 Å². The first kappa shape index (κ1) is 26.2. The molecule has 0 bridgehead atoms. The van der Waals surface area contributed by atoms with E-state index in [1.54, 1.807) is 18.2 Å². The summed E-state index contributed by atoms with van der Waals surface area (Å²) in [6, 6.07) is 17.8. The van der Waals surface area contributed by atoms with Gasteiger partial charge in [0, 0.05) is 22.0 Å². The number of halogens is 2. The molecule has 0 atom stereocenters. The third-order valence-corrected chi connectivity index (χ3v) is 7.73. The first-order chi connectivity index (χ1) is 18.4. The maximum atomic E-state index is 13.4. The minimum Gasteiger partial charge on any atom is -0.481 e. The van der Waals surface area contributed by atoms with E-state index < -0.39 is 4.92 Å².